The number of hydrogen-bond donors (Lipinski definition) is 0. The van der Waals surface area contributed by atoms with E-state index in [1.54, 1.807) is 31.4 Å². The number of aromatic nitrogens is 4. The van der Waals surface area contributed by atoms with Crippen molar-refractivity contribution >= 4 is 5.95 Å². The molecular weight excluding hydrogens is 356 g/mol. The highest BCUT2D eigenvalue weighted by atomic mass is 16.5. The van der Waals surface area contributed by atoms with Gasteiger partial charge in [-0.3, -0.25) is 9.36 Å². The number of morpholine rings is 1. The quantitative estimate of drug-likeness (QED) is 0.688. The van der Waals surface area contributed by atoms with E-state index in [2.05, 4.69) is 21.0 Å². The summed E-state index contributed by atoms with van der Waals surface area (Å²) in [5.41, 5.74) is 2.56. The molecule has 140 valence electrons. The van der Waals surface area contributed by atoms with Gasteiger partial charge in [0.2, 0.25) is 5.95 Å². The summed E-state index contributed by atoms with van der Waals surface area (Å²) >= 11 is 0. The average molecular weight is 374 g/mol. The van der Waals surface area contributed by atoms with Crippen LogP contribution in [0.5, 0.6) is 0 Å². The molecule has 0 N–H and O–H groups in total. The molecule has 28 heavy (non-hydrogen) atoms. The number of benzene rings is 1. The molecule has 0 unspecified atom stereocenters. The van der Waals surface area contributed by atoms with Crippen LogP contribution < -0.4 is 10.5 Å². The molecule has 0 radical (unpaired) electrons. The van der Waals surface area contributed by atoms with Gasteiger partial charge in [0.1, 0.15) is 12.4 Å². The molecule has 4 rings (SSSR count). The highest BCUT2D eigenvalue weighted by molar-refractivity contribution is 5.55. The fourth-order valence-electron chi connectivity index (χ4n) is 3.19. The second-order valence-corrected chi connectivity index (χ2v) is 6.47. The molecule has 1 saturated heterocycles. The first-order valence-electron chi connectivity index (χ1n) is 8.87. The van der Waals surface area contributed by atoms with Crippen molar-refractivity contribution in [1.29, 1.82) is 5.26 Å². The summed E-state index contributed by atoms with van der Waals surface area (Å²) in [6.07, 6.45) is 2.89. The maximum Gasteiger partial charge on any atom is 0.255 e. The Balaban J connectivity index is 1.65. The molecule has 3 aromatic rings. The van der Waals surface area contributed by atoms with Crippen LogP contribution in [0.25, 0.3) is 11.4 Å². The topological polar surface area (TPSA) is 96.9 Å². The molecule has 0 saturated carbocycles. The monoisotopic (exact) mass is 374 g/mol. The van der Waals surface area contributed by atoms with Crippen LogP contribution in [0.4, 0.5) is 5.95 Å². The Morgan fingerprint density at radius 1 is 1.21 bits per heavy atom. The second kappa shape index (κ2) is 7.58. The summed E-state index contributed by atoms with van der Waals surface area (Å²) in [4.78, 5) is 27.3. The lowest BCUT2D eigenvalue weighted by molar-refractivity contribution is 0.0390. The van der Waals surface area contributed by atoms with Crippen molar-refractivity contribution < 1.29 is 4.74 Å². The molecule has 3 heterocycles. The van der Waals surface area contributed by atoms with E-state index < -0.39 is 0 Å². The van der Waals surface area contributed by atoms with Gasteiger partial charge in [-0.25, -0.2) is 15.0 Å². The van der Waals surface area contributed by atoms with E-state index >= 15 is 0 Å². The van der Waals surface area contributed by atoms with Gasteiger partial charge < -0.3 is 9.64 Å². The van der Waals surface area contributed by atoms with Crippen molar-refractivity contribution in [3.8, 4) is 17.5 Å². The molecular formula is C20H18N6O2. The zero-order valence-corrected chi connectivity index (χ0v) is 15.3. The van der Waals surface area contributed by atoms with Gasteiger partial charge in [0.05, 0.1) is 36.2 Å². The predicted octanol–water partition coefficient (Wildman–Crippen LogP) is 1.69. The van der Waals surface area contributed by atoms with Crippen LogP contribution in [0.15, 0.2) is 53.7 Å². The van der Waals surface area contributed by atoms with E-state index in [0.717, 1.165) is 5.56 Å². The van der Waals surface area contributed by atoms with Gasteiger partial charge in [-0.15, -0.1) is 0 Å². The van der Waals surface area contributed by atoms with Crippen molar-refractivity contribution in [2.45, 2.75) is 6.10 Å². The Hall–Kier alpha value is -3.57. The van der Waals surface area contributed by atoms with Crippen molar-refractivity contribution in [1.82, 2.24) is 19.5 Å². The van der Waals surface area contributed by atoms with Crippen LogP contribution in [-0.4, -0.2) is 39.2 Å². The lowest BCUT2D eigenvalue weighted by Crippen LogP contribution is -2.41. The highest BCUT2D eigenvalue weighted by Crippen LogP contribution is 2.26. The molecule has 0 aliphatic carbocycles. The summed E-state index contributed by atoms with van der Waals surface area (Å²) in [6.45, 7) is 1.69. The van der Waals surface area contributed by atoms with E-state index in [1.807, 2.05) is 17.0 Å². The van der Waals surface area contributed by atoms with Gasteiger partial charge in [-0.2, -0.15) is 5.26 Å². The van der Waals surface area contributed by atoms with E-state index in [-0.39, 0.29) is 11.7 Å². The minimum Gasteiger partial charge on any atom is -0.370 e. The normalized spacial score (nSPS) is 16.6. The molecule has 1 aliphatic rings. The van der Waals surface area contributed by atoms with Crippen LogP contribution in [0.2, 0.25) is 0 Å². The molecule has 1 aliphatic heterocycles. The van der Waals surface area contributed by atoms with E-state index in [1.165, 1.54) is 17.0 Å². The van der Waals surface area contributed by atoms with Crippen molar-refractivity contribution in [3.63, 3.8) is 0 Å². The van der Waals surface area contributed by atoms with Crippen molar-refractivity contribution in [2.75, 3.05) is 24.6 Å². The van der Waals surface area contributed by atoms with E-state index in [0.29, 0.717) is 42.6 Å². The zero-order chi connectivity index (χ0) is 19.5. The SMILES string of the molecule is Cn1c(N2CCO[C@@H](c3ccc(C#N)cc3)C2)nc(-c2ccncn2)cc1=O. The first-order chi connectivity index (χ1) is 13.7. The average Bonchev–Trinajstić information content (AvgIpc) is 2.76. The Bertz CT molecular complexity index is 1070. The van der Waals surface area contributed by atoms with E-state index in [9.17, 15) is 4.79 Å². The lowest BCUT2D eigenvalue weighted by atomic mass is 10.1. The minimum atomic E-state index is -0.166. The smallest absolute Gasteiger partial charge is 0.255 e. The maximum absolute atomic E-state index is 12.5. The van der Waals surface area contributed by atoms with Crippen molar-refractivity contribution in [2.24, 2.45) is 7.05 Å². The molecule has 1 aromatic carbocycles. The van der Waals surface area contributed by atoms with Crippen LogP contribution in [0.1, 0.15) is 17.2 Å². The Kier molecular flexibility index (Phi) is 4.83. The standard InChI is InChI=1S/C20H18N6O2/c1-25-19(27)10-17(16-6-7-22-13-23-16)24-20(25)26-8-9-28-18(12-26)15-4-2-14(11-21)3-5-15/h2-7,10,13,18H,8-9,12H2,1H3/t18-/m1/s1. The third-order valence-corrected chi connectivity index (χ3v) is 4.72. The van der Waals surface area contributed by atoms with Crippen molar-refractivity contribution in [3.05, 3.63) is 70.4 Å². The van der Waals surface area contributed by atoms with Crippen LogP contribution in [0, 0.1) is 11.3 Å². The van der Waals surface area contributed by atoms with Crippen LogP contribution >= 0.6 is 0 Å². The van der Waals surface area contributed by atoms with Crippen LogP contribution in [-0.2, 0) is 11.8 Å². The summed E-state index contributed by atoms with van der Waals surface area (Å²) in [7, 11) is 1.71. The Morgan fingerprint density at radius 2 is 2.04 bits per heavy atom. The molecule has 0 amide bonds. The third-order valence-electron chi connectivity index (χ3n) is 4.72. The molecule has 0 bridgehead atoms. The van der Waals surface area contributed by atoms with Gasteiger partial charge in [-0.1, -0.05) is 12.1 Å². The number of hydrogen-bond acceptors (Lipinski definition) is 7. The molecule has 1 atom stereocenters. The number of ether oxygens (including phenoxy) is 1. The Morgan fingerprint density at radius 3 is 2.75 bits per heavy atom. The number of nitrogens with zero attached hydrogens (tertiary/aromatic N) is 6. The van der Waals surface area contributed by atoms with Gasteiger partial charge in [0.25, 0.3) is 5.56 Å². The minimum absolute atomic E-state index is 0.153. The number of anilines is 1. The molecule has 8 heteroatoms. The Labute approximate surface area is 161 Å². The second-order valence-electron chi connectivity index (χ2n) is 6.47. The summed E-state index contributed by atoms with van der Waals surface area (Å²) < 4.78 is 7.45. The molecule has 0 spiro atoms. The molecule has 2 aromatic heterocycles. The molecule has 1 fully saturated rings. The van der Waals surface area contributed by atoms with E-state index in [4.69, 9.17) is 10.00 Å². The lowest BCUT2D eigenvalue weighted by Gasteiger charge is -2.34. The number of rotatable bonds is 3. The van der Waals surface area contributed by atoms with Gasteiger partial charge in [0.15, 0.2) is 0 Å². The fourth-order valence-corrected chi connectivity index (χ4v) is 3.19. The highest BCUT2D eigenvalue weighted by Gasteiger charge is 2.25. The summed E-state index contributed by atoms with van der Waals surface area (Å²) in [5, 5.41) is 8.97. The largest absolute Gasteiger partial charge is 0.370 e. The summed E-state index contributed by atoms with van der Waals surface area (Å²) in [5.74, 6) is 0.572. The first kappa shape index (κ1) is 17.8. The fraction of sp³-hybridized carbons (Fsp3) is 0.250. The first-order valence-corrected chi connectivity index (χ1v) is 8.87. The summed E-state index contributed by atoms with van der Waals surface area (Å²) in [6, 6.07) is 12.7. The third kappa shape index (κ3) is 3.48. The predicted molar refractivity (Wildman–Crippen MR) is 103 cm³/mol. The van der Waals surface area contributed by atoms with Crippen LogP contribution in [0.3, 0.4) is 0 Å². The van der Waals surface area contributed by atoms with Gasteiger partial charge in [0, 0.05) is 25.9 Å². The maximum atomic E-state index is 12.5. The van der Waals surface area contributed by atoms with Gasteiger partial charge in [-0.05, 0) is 23.8 Å². The zero-order valence-electron chi connectivity index (χ0n) is 15.3. The van der Waals surface area contributed by atoms with Gasteiger partial charge >= 0.3 is 0 Å². The molecule has 8 nitrogen and oxygen atoms in total. The number of nitriles is 1.